The molecule has 6 nitrogen and oxygen atoms in total. The summed E-state index contributed by atoms with van der Waals surface area (Å²) < 4.78 is 5.20. The van der Waals surface area contributed by atoms with E-state index in [2.05, 4.69) is 10.3 Å². The first-order chi connectivity index (χ1) is 13.5. The van der Waals surface area contributed by atoms with Crippen LogP contribution in [-0.4, -0.2) is 23.5 Å². The molecule has 0 aliphatic rings. The smallest absolute Gasteiger partial charge is 0.339 e. The van der Waals surface area contributed by atoms with Gasteiger partial charge in [0.15, 0.2) is 6.61 Å². The van der Waals surface area contributed by atoms with Crippen molar-refractivity contribution in [2.75, 3.05) is 11.9 Å². The number of hydrogen-bond acceptors (Lipinski definition) is 6. The molecule has 3 aromatic rings. The summed E-state index contributed by atoms with van der Waals surface area (Å²) in [5.41, 5.74) is 3.19. The first kappa shape index (κ1) is 19.4. The van der Waals surface area contributed by atoms with Gasteiger partial charge in [-0.2, -0.15) is 5.26 Å². The number of amides is 1. The van der Waals surface area contributed by atoms with Crippen LogP contribution in [0.25, 0.3) is 10.9 Å². The molecule has 3 rings (SSSR count). The van der Waals surface area contributed by atoms with Gasteiger partial charge in [0.05, 0.1) is 11.1 Å². The molecule has 140 valence electrons. The standard InChI is InChI=1S/C21H17N3O3S/c1-13-9-15(28-12-22)7-8-18(13)24-20(25)11-27-21(26)17-10-14(2)23-19-6-4-3-5-16(17)19/h3-10H,11H2,1-2H3,(H,24,25). The molecule has 7 heteroatoms. The topological polar surface area (TPSA) is 92.1 Å². The number of nitrogens with zero attached hydrogens (tertiary/aromatic N) is 2. The van der Waals surface area contributed by atoms with E-state index >= 15 is 0 Å². The second kappa shape index (κ2) is 8.55. The normalized spacial score (nSPS) is 10.3. The average molecular weight is 391 g/mol. The minimum absolute atomic E-state index is 0.380. The highest BCUT2D eigenvalue weighted by Crippen LogP contribution is 2.23. The summed E-state index contributed by atoms with van der Waals surface area (Å²) >= 11 is 1.05. The first-order valence-electron chi connectivity index (χ1n) is 8.48. The van der Waals surface area contributed by atoms with Gasteiger partial charge in [0.25, 0.3) is 5.91 Å². The number of hydrogen-bond donors (Lipinski definition) is 1. The lowest BCUT2D eigenvalue weighted by Crippen LogP contribution is -2.21. The van der Waals surface area contributed by atoms with E-state index in [-0.39, 0.29) is 0 Å². The number of para-hydroxylation sites is 1. The summed E-state index contributed by atoms with van der Waals surface area (Å²) in [7, 11) is 0. The van der Waals surface area contributed by atoms with E-state index in [0.29, 0.717) is 27.8 Å². The lowest BCUT2D eigenvalue weighted by atomic mass is 10.1. The van der Waals surface area contributed by atoms with Gasteiger partial charge in [-0.25, -0.2) is 4.79 Å². The van der Waals surface area contributed by atoms with Gasteiger partial charge in [0.2, 0.25) is 0 Å². The molecular weight excluding hydrogens is 374 g/mol. The zero-order chi connectivity index (χ0) is 20.1. The Kier molecular flexibility index (Phi) is 5.92. The van der Waals surface area contributed by atoms with Crippen molar-refractivity contribution in [3.8, 4) is 5.40 Å². The van der Waals surface area contributed by atoms with Crippen LogP contribution in [0.2, 0.25) is 0 Å². The molecule has 1 N–H and O–H groups in total. The van der Waals surface area contributed by atoms with Crippen molar-refractivity contribution in [2.24, 2.45) is 0 Å². The molecule has 1 heterocycles. The van der Waals surface area contributed by atoms with Crippen LogP contribution >= 0.6 is 11.8 Å². The van der Waals surface area contributed by atoms with E-state index in [1.807, 2.05) is 30.5 Å². The summed E-state index contributed by atoms with van der Waals surface area (Å²) in [5.74, 6) is -1.01. The molecule has 0 unspecified atom stereocenters. The molecule has 0 atom stereocenters. The highest BCUT2D eigenvalue weighted by Gasteiger charge is 2.15. The highest BCUT2D eigenvalue weighted by atomic mass is 32.2. The minimum Gasteiger partial charge on any atom is -0.452 e. The Morgan fingerprint density at radius 2 is 1.96 bits per heavy atom. The maximum atomic E-state index is 12.5. The van der Waals surface area contributed by atoms with Crippen LogP contribution < -0.4 is 5.32 Å². The molecule has 0 spiro atoms. The maximum Gasteiger partial charge on any atom is 0.339 e. The van der Waals surface area contributed by atoms with Crippen molar-refractivity contribution < 1.29 is 14.3 Å². The number of anilines is 1. The third kappa shape index (κ3) is 4.48. The predicted octanol–water partition coefficient (Wildman–Crippen LogP) is 4.22. The molecule has 0 aliphatic heterocycles. The molecule has 0 radical (unpaired) electrons. The van der Waals surface area contributed by atoms with E-state index in [1.54, 1.807) is 37.3 Å². The number of carbonyl (C=O) groups excluding carboxylic acids is 2. The average Bonchev–Trinajstić information content (AvgIpc) is 2.67. The zero-order valence-electron chi connectivity index (χ0n) is 15.4. The molecule has 0 bridgehead atoms. The van der Waals surface area contributed by atoms with Crippen LogP contribution in [0.4, 0.5) is 5.69 Å². The fraction of sp³-hybridized carbons (Fsp3) is 0.143. The molecule has 28 heavy (non-hydrogen) atoms. The number of thiocyanates is 1. The van der Waals surface area contributed by atoms with E-state index < -0.39 is 18.5 Å². The van der Waals surface area contributed by atoms with E-state index in [4.69, 9.17) is 10.00 Å². The van der Waals surface area contributed by atoms with Gasteiger partial charge in [-0.3, -0.25) is 9.78 Å². The number of ether oxygens (including phenoxy) is 1. The fourth-order valence-corrected chi connectivity index (χ4v) is 3.24. The van der Waals surface area contributed by atoms with E-state index in [9.17, 15) is 9.59 Å². The van der Waals surface area contributed by atoms with Gasteiger partial charge < -0.3 is 10.1 Å². The monoisotopic (exact) mass is 391 g/mol. The molecule has 0 aliphatic carbocycles. The van der Waals surface area contributed by atoms with Crippen LogP contribution in [0.3, 0.4) is 0 Å². The molecule has 1 amide bonds. The van der Waals surface area contributed by atoms with Gasteiger partial charge in [-0.05, 0) is 61.5 Å². The van der Waals surface area contributed by atoms with Crippen LogP contribution in [0, 0.1) is 24.5 Å². The van der Waals surface area contributed by atoms with Crippen LogP contribution in [-0.2, 0) is 9.53 Å². The van der Waals surface area contributed by atoms with E-state index in [0.717, 1.165) is 22.2 Å². The summed E-state index contributed by atoms with van der Waals surface area (Å²) in [6.07, 6.45) is 0. The Morgan fingerprint density at radius 1 is 1.18 bits per heavy atom. The third-order valence-electron chi connectivity index (χ3n) is 4.03. The van der Waals surface area contributed by atoms with Crippen molar-refractivity contribution in [1.29, 1.82) is 5.26 Å². The number of nitrogens with one attached hydrogen (secondary N) is 1. The van der Waals surface area contributed by atoms with Gasteiger partial charge in [-0.1, -0.05) is 18.2 Å². The number of fused-ring (bicyclic) bond motifs is 1. The number of thioether (sulfide) groups is 1. The van der Waals surface area contributed by atoms with Crippen molar-refractivity contribution in [3.63, 3.8) is 0 Å². The number of pyridine rings is 1. The van der Waals surface area contributed by atoms with Crippen molar-refractivity contribution in [1.82, 2.24) is 4.98 Å². The maximum absolute atomic E-state index is 12.5. The van der Waals surface area contributed by atoms with Crippen LogP contribution in [0.1, 0.15) is 21.6 Å². The number of aryl methyl sites for hydroxylation is 2. The van der Waals surface area contributed by atoms with Crippen molar-refractivity contribution in [2.45, 2.75) is 18.7 Å². The minimum atomic E-state index is -0.575. The summed E-state index contributed by atoms with van der Waals surface area (Å²) in [6, 6.07) is 14.2. The van der Waals surface area contributed by atoms with E-state index in [1.165, 1.54) is 0 Å². The van der Waals surface area contributed by atoms with Crippen LogP contribution in [0.5, 0.6) is 0 Å². The second-order valence-corrected chi connectivity index (χ2v) is 6.98. The Labute approximate surface area is 166 Å². The number of benzene rings is 2. The van der Waals surface area contributed by atoms with Crippen LogP contribution in [0.15, 0.2) is 53.4 Å². The highest BCUT2D eigenvalue weighted by molar-refractivity contribution is 8.03. The summed E-state index contributed by atoms with van der Waals surface area (Å²) in [5, 5.41) is 14.1. The van der Waals surface area contributed by atoms with Crippen molar-refractivity contribution in [3.05, 3.63) is 65.4 Å². The quantitative estimate of drug-likeness (QED) is 0.398. The van der Waals surface area contributed by atoms with Gasteiger partial charge in [0, 0.05) is 21.7 Å². The molecule has 0 fully saturated rings. The van der Waals surface area contributed by atoms with Crippen molar-refractivity contribution >= 4 is 40.2 Å². The molecule has 2 aromatic carbocycles. The van der Waals surface area contributed by atoms with Gasteiger partial charge >= 0.3 is 5.97 Å². The number of nitriles is 1. The number of rotatable bonds is 5. The second-order valence-electron chi connectivity index (χ2n) is 6.12. The Bertz CT molecular complexity index is 1110. The molecular formula is C21H17N3O3S. The molecule has 1 aromatic heterocycles. The lowest BCUT2D eigenvalue weighted by Gasteiger charge is -2.11. The van der Waals surface area contributed by atoms with Gasteiger partial charge in [-0.15, -0.1) is 0 Å². The Morgan fingerprint density at radius 3 is 2.71 bits per heavy atom. The molecule has 0 saturated heterocycles. The Balaban J connectivity index is 1.67. The largest absolute Gasteiger partial charge is 0.452 e. The number of aromatic nitrogens is 1. The fourth-order valence-electron chi connectivity index (χ4n) is 2.76. The summed E-state index contributed by atoms with van der Waals surface area (Å²) in [6.45, 7) is 3.23. The Hall–Kier alpha value is -3.37. The molecule has 0 saturated carbocycles. The lowest BCUT2D eigenvalue weighted by molar-refractivity contribution is -0.119. The van der Waals surface area contributed by atoms with Gasteiger partial charge in [0.1, 0.15) is 5.40 Å². The first-order valence-corrected chi connectivity index (χ1v) is 9.29. The predicted molar refractivity (Wildman–Crippen MR) is 108 cm³/mol. The zero-order valence-corrected chi connectivity index (χ0v) is 16.2. The summed E-state index contributed by atoms with van der Waals surface area (Å²) in [4.78, 5) is 29.9. The number of esters is 1. The SMILES string of the molecule is Cc1cc(C(=O)OCC(=O)Nc2ccc(SC#N)cc2C)c2ccccc2n1. The third-order valence-corrected chi connectivity index (χ3v) is 4.61. The number of carbonyl (C=O) groups is 2.